The molecule has 2 aromatic heterocycles. The highest BCUT2D eigenvalue weighted by atomic mass is 35.5. The van der Waals surface area contributed by atoms with E-state index in [0.717, 1.165) is 11.3 Å². The van der Waals surface area contributed by atoms with Crippen LogP contribution in [0.3, 0.4) is 0 Å². The number of aromatic nitrogens is 1. The molecule has 2 N–H and O–H groups in total. The van der Waals surface area contributed by atoms with Crippen molar-refractivity contribution < 1.29 is 22.7 Å². The van der Waals surface area contributed by atoms with E-state index in [1.54, 1.807) is 11.8 Å². The molecule has 0 spiro atoms. The van der Waals surface area contributed by atoms with Crippen LogP contribution in [0.4, 0.5) is 10.6 Å². The van der Waals surface area contributed by atoms with Crippen molar-refractivity contribution in [1.82, 2.24) is 15.0 Å². The highest BCUT2D eigenvalue weighted by molar-refractivity contribution is 7.92. The molecule has 0 aliphatic carbocycles. The van der Waals surface area contributed by atoms with Crippen LogP contribution in [-0.4, -0.2) is 51.1 Å². The van der Waals surface area contributed by atoms with Crippen molar-refractivity contribution in [3.8, 4) is 6.07 Å². The minimum atomic E-state index is -4.02. The van der Waals surface area contributed by atoms with Gasteiger partial charge >= 0.3 is 12.0 Å². The molecule has 34 heavy (non-hydrogen) atoms. The number of nitriles is 1. The van der Waals surface area contributed by atoms with Crippen LogP contribution in [0.1, 0.15) is 42.4 Å². The van der Waals surface area contributed by atoms with Gasteiger partial charge in [0.2, 0.25) is 0 Å². The van der Waals surface area contributed by atoms with E-state index in [0.29, 0.717) is 28.9 Å². The van der Waals surface area contributed by atoms with Gasteiger partial charge in [-0.3, -0.25) is 0 Å². The minimum Gasteiger partial charge on any atom is -0.461 e. The molecular formula is C21H24ClN5O5S2. The van der Waals surface area contributed by atoms with Gasteiger partial charge in [0.05, 0.1) is 33.8 Å². The van der Waals surface area contributed by atoms with Gasteiger partial charge in [0.1, 0.15) is 16.1 Å². The number of hydrogen-bond donors (Lipinski definition) is 2. The summed E-state index contributed by atoms with van der Waals surface area (Å²) in [6.07, 6.45) is 0. The summed E-state index contributed by atoms with van der Waals surface area (Å²) in [4.78, 5) is 30.8. The van der Waals surface area contributed by atoms with E-state index in [1.165, 1.54) is 18.2 Å². The number of thiophene rings is 1. The molecule has 1 aliphatic rings. The lowest BCUT2D eigenvalue weighted by Crippen LogP contribution is -2.61. The second-order valence-electron chi connectivity index (χ2n) is 8.98. The number of nitrogens with zero attached hydrogens (tertiary/aromatic N) is 3. The van der Waals surface area contributed by atoms with E-state index in [-0.39, 0.29) is 33.4 Å². The lowest BCUT2D eigenvalue weighted by atomic mass is 9.98. The Hall–Kier alpha value is -2.88. The molecule has 1 fully saturated rings. The van der Waals surface area contributed by atoms with Crippen LogP contribution in [0, 0.1) is 23.7 Å². The van der Waals surface area contributed by atoms with Gasteiger partial charge in [-0.15, -0.1) is 11.3 Å². The minimum absolute atomic E-state index is 0.0673. The summed E-state index contributed by atoms with van der Waals surface area (Å²) in [5, 5.41) is 12.1. The molecule has 1 saturated heterocycles. The molecule has 182 valence electrons. The number of esters is 1. The molecule has 0 atom stereocenters. The van der Waals surface area contributed by atoms with Crippen LogP contribution < -0.4 is 14.9 Å². The standard InChI is InChI=1S/C21H24ClN5O5S2/c1-12-15(19(28)32-11-21(2,3)4)7-13(8-23)18(24-12)27-9-14(10-27)25-20(29)26-34(30,31)17-6-5-16(22)33-17/h5-7,14H,9-11H2,1-4H3,(H2,25,26,29). The molecule has 3 rings (SSSR count). The van der Waals surface area contributed by atoms with E-state index in [2.05, 4.69) is 10.3 Å². The first-order valence-electron chi connectivity index (χ1n) is 10.2. The zero-order valence-corrected chi connectivity index (χ0v) is 21.4. The zero-order chi connectivity index (χ0) is 25.3. The normalized spacial score (nSPS) is 14.2. The lowest BCUT2D eigenvalue weighted by molar-refractivity contribution is 0.0365. The van der Waals surface area contributed by atoms with Gasteiger partial charge in [-0.2, -0.15) is 5.26 Å². The van der Waals surface area contributed by atoms with Crippen molar-refractivity contribution in [2.45, 2.75) is 37.9 Å². The Balaban J connectivity index is 1.61. The molecule has 0 unspecified atom stereocenters. The summed E-state index contributed by atoms with van der Waals surface area (Å²) in [5.41, 5.74) is 0.644. The Morgan fingerprint density at radius 3 is 2.59 bits per heavy atom. The summed E-state index contributed by atoms with van der Waals surface area (Å²) in [6, 6.07) is 5.02. The Morgan fingerprint density at radius 2 is 2.03 bits per heavy atom. The number of amides is 2. The van der Waals surface area contributed by atoms with Crippen LogP contribution >= 0.6 is 22.9 Å². The Bertz CT molecular complexity index is 1260. The van der Waals surface area contributed by atoms with Crippen LogP contribution in [0.2, 0.25) is 4.34 Å². The number of urea groups is 1. The first kappa shape index (κ1) is 25.7. The predicted octanol–water partition coefficient (Wildman–Crippen LogP) is 3.06. The SMILES string of the molecule is Cc1nc(N2CC(NC(=O)NS(=O)(=O)c3ccc(Cl)s3)C2)c(C#N)cc1C(=O)OCC(C)(C)C. The van der Waals surface area contributed by atoms with Crippen molar-refractivity contribution in [3.05, 3.63) is 39.4 Å². The van der Waals surface area contributed by atoms with Gasteiger partial charge in [0.15, 0.2) is 0 Å². The average molecular weight is 526 g/mol. The Morgan fingerprint density at radius 1 is 1.35 bits per heavy atom. The number of rotatable bonds is 6. The maximum absolute atomic E-state index is 12.4. The van der Waals surface area contributed by atoms with Gasteiger partial charge < -0.3 is 15.0 Å². The van der Waals surface area contributed by atoms with E-state index < -0.39 is 22.0 Å². The van der Waals surface area contributed by atoms with E-state index >= 15 is 0 Å². The molecule has 0 radical (unpaired) electrons. The first-order chi connectivity index (χ1) is 15.8. The fraction of sp³-hybridized carbons (Fsp3) is 0.429. The maximum atomic E-state index is 12.4. The summed E-state index contributed by atoms with van der Waals surface area (Å²) in [6.45, 7) is 8.33. The third-order valence-corrected chi connectivity index (χ3v) is 7.78. The number of ether oxygens (including phenoxy) is 1. The van der Waals surface area contributed by atoms with Crippen molar-refractivity contribution in [2.75, 3.05) is 24.6 Å². The Kier molecular flexibility index (Phi) is 7.40. The number of carbonyl (C=O) groups is 2. The van der Waals surface area contributed by atoms with Crippen molar-refractivity contribution >= 4 is 50.8 Å². The quantitative estimate of drug-likeness (QED) is 0.548. The summed E-state index contributed by atoms with van der Waals surface area (Å²) in [5.74, 6) is -0.164. The van der Waals surface area contributed by atoms with E-state index in [1.807, 2.05) is 31.6 Å². The summed E-state index contributed by atoms with van der Waals surface area (Å²) >= 11 is 6.60. The molecule has 10 nitrogen and oxygen atoms in total. The van der Waals surface area contributed by atoms with Gasteiger partial charge in [0, 0.05) is 13.1 Å². The second kappa shape index (κ2) is 9.77. The number of anilines is 1. The van der Waals surface area contributed by atoms with Gasteiger partial charge in [0.25, 0.3) is 10.0 Å². The average Bonchev–Trinajstić information content (AvgIpc) is 3.15. The fourth-order valence-corrected chi connectivity index (χ4v) is 5.45. The lowest BCUT2D eigenvalue weighted by Gasteiger charge is -2.40. The highest BCUT2D eigenvalue weighted by Gasteiger charge is 2.33. The summed E-state index contributed by atoms with van der Waals surface area (Å²) in [7, 11) is -4.02. The van der Waals surface area contributed by atoms with E-state index in [4.69, 9.17) is 16.3 Å². The number of hydrogen-bond acceptors (Lipinski definition) is 9. The van der Waals surface area contributed by atoms with Crippen molar-refractivity contribution in [3.63, 3.8) is 0 Å². The zero-order valence-electron chi connectivity index (χ0n) is 19.0. The van der Waals surface area contributed by atoms with Crippen molar-refractivity contribution in [1.29, 1.82) is 5.26 Å². The van der Waals surface area contributed by atoms with Crippen LogP contribution in [-0.2, 0) is 14.8 Å². The molecule has 13 heteroatoms. The number of sulfonamides is 1. The molecule has 0 bridgehead atoms. The number of pyridine rings is 1. The molecule has 2 amide bonds. The molecule has 2 aromatic rings. The Labute approximate surface area is 206 Å². The largest absolute Gasteiger partial charge is 0.461 e. The number of aryl methyl sites for hydroxylation is 1. The van der Waals surface area contributed by atoms with Crippen LogP contribution in [0.25, 0.3) is 0 Å². The van der Waals surface area contributed by atoms with Crippen molar-refractivity contribution in [2.24, 2.45) is 5.41 Å². The number of nitrogens with one attached hydrogen (secondary N) is 2. The maximum Gasteiger partial charge on any atom is 0.340 e. The highest BCUT2D eigenvalue weighted by Crippen LogP contribution is 2.27. The third kappa shape index (κ3) is 6.16. The smallest absolute Gasteiger partial charge is 0.340 e. The number of carbonyl (C=O) groups excluding carboxylic acids is 2. The molecule has 0 saturated carbocycles. The monoisotopic (exact) mass is 525 g/mol. The van der Waals surface area contributed by atoms with Crippen LogP contribution in [0.15, 0.2) is 22.4 Å². The van der Waals surface area contributed by atoms with Gasteiger partial charge in [-0.1, -0.05) is 32.4 Å². The van der Waals surface area contributed by atoms with Gasteiger partial charge in [-0.25, -0.2) is 27.7 Å². The molecule has 3 heterocycles. The van der Waals surface area contributed by atoms with Gasteiger partial charge in [-0.05, 0) is 30.5 Å². The van der Waals surface area contributed by atoms with E-state index in [9.17, 15) is 23.3 Å². The third-order valence-electron chi connectivity index (χ3n) is 4.73. The first-order valence-corrected chi connectivity index (χ1v) is 12.9. The molecule has 1 aliphatic heterocycles. The number of halogens is 1. The van der Waals surface area contributed by atoms with Crippen LogP contribution in [0.5, 0.6) is 0 Å². The predicted molar refractivity (Wildman–Crippen MR) is 128 cm³/mol. The fourth-order valence-electron chi connectivity index (χ4n) is 3.05. The molecule has 0 aromatic carbocycles. The molecular weight excluding hydrogens is 502 g/mol. The topological polar surface area (TPSA) is 141 Å². The summed E-state index contributed by atoms with van der Waals surface area (Å²) < 4.78 is 32.0. The second-order valence-corrected chi connectivity index (χ2v) is 12.6.